The second kappa shape index (κ2) is 6.83. The van der Waals surface area contributed by atoms with Gasteiger partial charge in [0.25, 0.3) is 5.91 Å². The zero-order valence-corrected chi connectivity index (χ0v) is 13.4. The van der Waals surface area contributed by atoms with E-state index in [4.69, 9.17) is 9.15 Å². The quantitative estimate of drug-likeness (QED) is 0.937. The number of pyridine rings is 1. The van der Waals surface area contributed by atoms with Crippen molar-refractivity contribution in [2.75, 3.05) is 18.0 Å². The Morgan fingerprint density at radius 3 is 2.70 bits per heavy atom. The molecule has 0 aliphatic carbocycles. The van der Waals surface area contributed by atoms with Gasteiger partial charge in [-0.3, -0.25) is 4.79 Å². The van der Waals surface area contributed by atoms with E-state index in [0.29, 0.717) is 12.3 Å². The van der Waals surface area contributed by atoms with Crippen molar-refractivity contribution in [3.8, 4) is 0 Å². The minimum absolute atomic E-state index is 0.202. The fourth-order valence-corrected chi connectivity index (χ4v) is 2.75. The highest BCUT2D eigenvalue weighted by atomic mass is 16.5. The third-order valence-electron chi connectivity index (χ3n) is 3.75. The van der Waals surface area contributed by atoms with Gasteiger partial charge in [0.05, 0.1) is 18.5 Å². The molecule has 1 N–H and O–H groups in total. The molecule has 1 aliphatic heterocycles. The van der Waals surface area contributed by atoms with E-state index in [9.17, 15) is 4.79 Å². The van der Waals surface area contributed by atoms with Gasteiger partial charge < -0.3 is 19.4 Å². The number of amides is 1. The number of nitrogens with one attached hydrogen (secondary N) is 1. The normalized spacial score (nSPS) is 21.2. The summed E-state index contributed by atoms with van der Waals surface area (Å²) in [6, 6.07) is 7.29. The van der Waals surface area contributed by atoms with Crippen LogP contribution in [-0.2, 0) is 11.3 Å². The summed E-state index contributed by atoms with van der Waals surface area (Å²) in [6.07, 6.45) is 3.68. The zero-order valence-electron chi connectivity index (χ0n) is 13.4. The van der Waals surface area contributed by atoms with Gasteiger partial charge in [0.1, 0.15) is 5.82 Å². The number of carbonyl (C=O) groups excluding carboxylic acids is 1. The van der Waals surface area contributed by atoms with Crippen molar-refractivity contribution in [3.63, 3.8) is 0 Å². The van der Waals surface area contributed by atoms with Crippen molar-refractivity contribution in [1.82, 2.24) is 10.3 Å². The Hall–Kier alpha value is -2.34. The second-order valence-electron chi connectivity index (χ2n) is 5.85. The van der Waals surface area contributed by atoms with Crippen LogP contribution in [0.4, 0.5) is 5.82 Å². The number of furan rings is 1. The summed E-state index contributed by atoms with van der Waals surface area (Å²) in [5, 5.41) is 2.81. The van der Waals surface area contributed by atoms with Gasteiger partial charge in [0, 0.05) is 25.8 Å². The monoisotopic (exact) mass is 315 g/mol. The first-order chi connectivity index (χ1) is 11.1. The molecule has 0 aromatic carbocycles. The average Bonchev–Trinajstić information content (AvgIpc) is 3.07. The predicted molar refractivity (Wildman–Crippen MR) is 86.3 cm³/mol. The first-order valence-corrected chi connectivity index (χ1v) is 7.79. The molecule has 0 spiro atoms. The van der Waals surface area contributed by atoms with E-state index < -0.39 is 0 Å². The van der Waals surface area contributed by atoms with Crippen LogP contribution in [0.15, 0.2) is 41.1 Å². The van der Waals surface area contributed by atoms with Crippen LogP contribution in [0.5, 0.6) is 0 Å². The first-order valence-electron chi connectivity index (χ1n) is 7.79. The molecule has 0 radical (unpaired) electrons. The minimum atomic E-state index is -0.227. The second-order valence-corrected chi connectivity index (χ2v) is 5.85. The Labute approximate surface area is 135 Å². The molecule has 3 heterocycles. The molecule has 2 atom stereocenters. The van der Waals surface area contributed by atoms with Crippen LogP contribution in [0.3, 0.4) is 0 Å². The molecule has 6 nitrogen and oxygen atoms in total. The maximum atomic E-state index is 11.8. The van der Waals surface area contributed by atoms with Gasteiger partial charge >= 0.3 is 0 Å². The van der Waals surface area contributed by atoms with Gasteiger partial charge in [-0.05, 0) is 37.6 Å². The smallest absolute Gasteiger partial charge is 0.287 e. The number of aromatic nitrogens is 1. The highest BCUT2D eigenvalue weighted by molar-refractivity contribution is 5.91. The standard InChI is InChI=1S/C17H21N3O3/c1-12-10-20(11-13(2)23-12)16-6-5-14(8-18-16)9-19-17(21)15-4-3-7-22-15/h3-8,12-13H,9-11H2,1-2H3,(H,19,21)/t12-,13+. The zero-order chi connectivity index (χ0) is 16.2. The van der Waals surface area contributed by atoms with E-state index in [-0.39, 0.29) is 18.1 Å². The number of nitrogens with zero attached hydrogens (tertiary/aromatic N) is 2. The van der Waals surface area contributed by atoms with Crippen molar-refractivity contribution in [2.45, 2.75) is 32.6 Å². The van der Waals surface area contributed by atoms with Crippen LogP contribution >= 0.6 is 0 Å². The Morgan fingerprint density at radius 2 is 2.09 bits per heavy atom. The van der Waals surface area contributed by atoms with Crippen LogP contribution in [0.1, 0.15) is 30.0 Å². The molecular formula is C17H21N3O3. The first kappa shape index (κ1) is 15.6. The lowest BCUT2D eigenvalue weighted by molar-refractivity contribution is -0.00546. The number of carbonyl (C=O) groups is 1. The molecule has 2 aromatic rings. The molecule has 0 saturated carbocycles. The molecule has 1 aliphatic rings. The highest BCUT2D eigenvalue weighted by Crippen LogP contribution is 2.18. The van der Waals surface area contributed by atoms with E-state index in [1.807, 2.05) is 12.1 Å². The van der Waals surface area contributed by atoms with E-state index >= 15 is 0 Å². The van der Waals surface area contributed by atoms with Crippen LogP contribution in [0.25, 0.3) is 0 Å². The van der Waals surface area contributed by atoms with Gasteiger partial charge in [-0.15, -0.1) is 0 Å². The minimum Gasteiger partial charge on any atom is -0.459 e. The summed E-state index contributed by atoms with van der Waals surface area (Å²) < 4.78 is 10.8. The van der Waals surface area contributed by atoms with E-state index in [2.05, 4.69) is 29.0 Å². The van der Waals surface area contributed by atoms with Crippen LogP contribution < -0.4 is 10.2 Å². The molecule has 6 heteroatoms. The topological polar surface area (TPSA) is 67.6 Å². The summed E-state index contributed by atoms with van der Waals surface area (Å²) in [5.41, 5.74) is 0.947. The van der Waals surface area contributed by atoms with Gasteiger partial charge in [-0.2, -0.15) is 0 Å². The Kier molecular flexibility index (Phi) is 4.62. The van der Waals surface area contributed by atoms with Crippen molar-refractivity contribution >= 4 is 11.7 Å². The Morgan fingerprint density at radius 1 is 1.30 bits per heavy atom. The van der Waals surface area contributed by atoms with Crippen molar-refractivity contribution in [2.24, 2.45) is 0 Å². The molecular weight excluding hydrogens is 294 g/mol. The lowest BCUT2D eigenvalue weighted by atomic mass is 10.2. The lowest BCUT2D eigenvalue weighted by Crippen LogP contribution is -2.45. The van der Waals surface area contributed by atoms with E-state index in [1.54, 1.807) is 18.3 Å². The summed E-state index contributed by atoms with van der Waals surface area (Å²) in [6.45, 7) is 6.24. The maximum absolute atomic E-state index is 11.8. The van der Waals surface area contributed by atoms with Crippen LogP contribution in [0.2, 0.25) is 0 Å². The number of hydrogen-bond donors (Lipinski definition) is 1. The summed E-state index contributed by atoms with van der Waals surface area (Å²) in [7, 11) is 0. The van der Waals surface area contributed by atoms with E-state index in [1.165, 1.54) is 6.26 Å². The van der Waals surface area contributed by atoms with Gasteiger partial charge in [-0.25, -0.2) is 4.98 Å². The van der Waals surface area contributed by atoms with E-state index in [0.717, 1.165) is 24.5 Å². The molecule has 0 bridgehead atoms. The van der Waals surface area contributed by atoms with Crippen molar-refractivity contribution < 1.29 is 13.9 Å². The largest absolute Gasteiger partial charge is 0.459 e. The summed E-state index contributed by atoms with van der Waals surface area (Å²) >= 11 is 0. The molecule has 3 rings (SSSR count). The molecule has 122 valence electrons. The molecule has 0 unspecified atom stereocenters. The average molecular weight is 315 g/mol. The number of anilines is 1. The van der Waals surface area contributed by atoms with Gasteiger partial charge in [0.2, 0.25) is 0 Å². The Balaban J connectivity index is 1.58. The van der Waals surface area contributed by atoms with Crippen LogP contribution in [-0.4, -0.2) is 36.2 Å². The van der Waals surface area contributed by atoms with Gasteiger partial charge in [-0.1, -0.05) is 6.07 Å². The number of rotatable bonds is 4. The fourth-order valence-electron chi connectivity index (χ4n) is 2.75. The lowest BCUT2D eigenvalue weighted by Gasteiger charge is -2.36. The number of hydrogen-bond acceptors (Lipinski definition) is 5. The fraction of sp³-hybridized carbons (Fsp3) is 0.412. The third kappa shape index (κ3) is 3.90. The molecule has 2 aromatic heterocycles. The van der Waals surface area contributed by atoms with Crippen molar-refractivity contribution in [3.05, 3.63) is 48.0 Å². The Bertz CT molecular complexity index is 630. The molecule has 1 amide bonds. The summed E-state index contributed by atoms with van der Waals surface area (Å²) in [4.78, 5) is 18.6. The maximum Gasteiger partial charge on any atom is 0.287 e. The number of ether oxygens (including phenoxy) is 1. The molecule has 23 heavy (non-hydrogen) atoms. The molecule has 1 saturated heterocycles. The third-order valence-corrected chi connectivity index (χ3v) is 3.75. The number of morpholine rings is 1. The highest BCUT2D eigenvalue weighted by Gasteiger charge is 2.22. The SMILES string of the molecule is C[C@@H]1CN(c2ccc(CNC(=O)c3ccco3)cn2)C[C@H](C)O1. The van der Waals surface area contributed by atoms with Crippen LogP contribution in [0, 0.1) is 0 Å². The van der Waals surface area contributed by atoms with Gasteiger partial charge in [0.15, 0.2) is 5.76 Å². The summed E-state index contributed by atoms with van der Waals surface area (Å²) in [5.74, 6) is 1.02. The predicted octanol–water partition coefficient (Wildman–Crippen LogP) is 2.22. The molecule has 1 fully saturated rings. The van der Waals surface area contributed by atoms with Crippen molar-refractivity contribution in [1.29, 1.82) is 0 Å².